The summed E-state index contributed by atoms with van der Waals surface area (Å²) in [5, 5.41) is 0.319. The first-order valence-corrected chi connectivity index (χ1v) is 8.63. The molecule has 1 heterocycles. The zero-order chi connectivity index (χ0) is 17.6. The number of imide groups is 1. The number of amides is 2. The second-order valence-corrected chi connectivity index (χ2v) is 7.22. The number of fused-ring (bicyclic) bond motifs is 1. The van der Waals surface area contributed by atoms with Crippen molar-refractivity contribution in [3.05, 3.63) is 64.2 Å². The molecule has 0 aromatic heterocycles. The van der Waals surface area contributed by atoms with E-state index < -0.39 is 21.9 Å². The van der Waals surface area contributed by atoms with E-state index in [-0.39, 0.29) is 16.0 Å². The molecule has 124 valence electrons. The lowest BCUT2D eigenvalue weighted by Crippen LogP contribution is -2.32. The summed E-state index contributed by atoms with van der Waals surface area (Å²) in [7, 11) is -4.29. The maximum absolute atomic E-state index is 12.5. The van der Waals surface area contributed by atoms with Crippen molar-refractivity contribution in [2.45, 2.75) is 25.7 Å². The Bertz CT molecular complexity index is 920. The molecule has 0 unspecified atom stereocenters. The predicted molar refractivity (Wildman–Crippen MR) is 85.9 cm³/mol. The lowest BCUT2D eigenvalue weighted by molar-refractivity contribution is -0.0104. The first kappa shape index (κ1) is 16.4. The van der Waals surface area contributed by atoms with Crippen molar-refractivity contribution in [3.63, 3.8) is 0 Å². The highest BCUT2D eigenvalue weighted by Gasteiger charge is 2.42. The molecular weight excluding hydrogens is 330 g/mol. The molecule has 0 aliphatic carbocycles. The van der Waals surface area contributed by atoms with Gasteiger partial charge in [0.25, 0.3) is 11.8 Å². The number of carbonyl (C=O) groups excluding carboxylic acids is 2. The van der Waals surface area contributed by atoms with Gasteiger partial charge in [0.2, 0.25) is 0 Å². The van der Waals surface area contributed by atoms with Gasteiger partial charge in [0.15, 0.2) is 0 Å². The average molecular weight is 345 g/mol. The van der Waals surface area contributed by atoms with E-state index in [1.165, 1.54) is 12.1 Å². The van der Waals surface area contributed by atoms with Gasteiger partial charge in [-0.15, -0.1) is 9.35 Å². The number of hydrogen-bond acceptors (Lipinski definition) is 5. The molecule has 0 bridgehead atoms. The Morgan fingerprint density at radius 3 is 1.71 bits per heavy atom. The maximum atomic E-state index is 12.5. The van der Waals surface area contributed by atoms with Gasteiger partial charge < -0.3 is 0 Å². The number of aryl methyl sites for hydroxylation is 3. The van der Waals surface area contributed by atoms with E-state index >= 15 is 0 Å². The topological polar surface area (TPSA) is 80.8 Å². The first-order chi connectivity index (χ1) is 11.2. The standard InChI is InChI=1S/C17H15NO5S/c1-10-4-8-13(9-5-10)24(21,22)23-18-16(19)14-11(2)6-7-12(3)15(14)17(18)20/h4-9H,1-3H3. The second-order valence-electron chi connectivity index (χ2n) is 5.70. The van der Waals surface area contributed by atoms with Gasteiger partial charge in [0.05, 0.1) is 16.0 Å². The highest BCUT2D eigenvalue weighted by Crippen LogP contribution is 2.30. The number of rotatable bonds is 3. The van der Waals surface area contributed by atoms with Gasteiger partial charge in [-0.25, -0.2) is 0 Å². The van der Waals surface area contributed by atoms with Crippen LogP contribution in [0.15, 0.2) is 41.3 Å². The summed E-state index contributed by atoms with van der Waals surface area (Å²) in [5.41, 5.74) is 2.42. The lowest BCUT2D eigenvalue weighted by Gasteiger charge is -2.13. The van der Waals surface area contributed by atoms with Crippen LogP contribution in [-0.2, 0) is 14.4 Å². The van der Waals surface area contributed by atoms with Gasteiger partial charge in [-0.1, -0.05) is 29.8 Å². The number of benzene rings is 2. The molecule has 24 heavy (non-hydrogen) atoms. The van der Waals surface area contributed by atoms with Crippen LogP contribution in [-0.4, -0.2) is 25.3 Å². The third kappa shape index (κ3) is 2.51. The van der Waals surface area contributed by atoms with Gasteiger partial charge >= 0.3 is 10.1 Å². The lowest BCUT2D eigenvalue weighted by atomic mass is 9.99. The fourth-order valence-corrected chi connectivity index (χ4v) is 3.46. The molecule has 0 N–H and O–H groups in total. The van der Waals surface area contributed by atoms with Crippen LogP contribution >= 0.6 is 0 Å². The normalized spacial score (nSPS) is 14.2. The summed E-state index contributed by atoms with van der Waals surface area (Å²) in [6.45, 7) is 5.18. The maximum Gasteiger partial charge on any atom is 0.318 e. The first-order valence-electron chi connectivity index (χ1n) is 7.22. The average Bonchev–Trinajstić information content (AvgIpc) is 2.77. The molecule has 0 saturated heterocycles. The Balaban J connectivity index is 1.99. The molecular formula is C17H15NO5S. The Kier molecular flexibility index (Phi) is 3.77. The summed E-state index contributed by atoms with van der Waals surface area (Å²) in [5.74, 6) is -1.54. The molecule has 3 rings (SSSR count). The monoisotopic (exact) mass is 345 g/mol. The van der Waals surface area contributed by atoms with E-state index in [1.54, 1.807) is 38.1 Å². The van der Waals surface area contributed by atoms with Crippen LogP contribution in [0.1, 0.15) is 37.4 Å². The van der Waals surface area contributed by atoms with Gasteiger partial charge in [-0.3, -0.25) is 9.59 Å². The highest BCUT2D eigenvalue weighted by atomic mass is 32.2. The molecule has 7 heteroatoms. The minimum atomic E-state index is -4.29. The van der Waals surface area contributed by atoms with Crippen LogP contribution in [0.5, 0.6) is 0 Å². The van der Waals surface area contributed by atoms with Crippen molar-refractivity contribution >= 4 is 21.9 Å². The van der Waals surface area contributed by atoms with E-state index in [0.717, 1.165) is 5.56 Å². The molecule has 0 fully saturated rings. The number of carbonyl (C=O) groups is 2. The summed E-state index contributed by atoms with van der Waals surface area (Å²) in [6.07, 6.45) is 0. The SMILES string of the molecule is Cc1ccc(S(=O)(=O)ON2C(=O)c3c(C)ccc(C)c3C2=O)cc1. The molecule has 6 nitrogen and oxygen atoms in total. The second kappa shape index (κ2) is 5.54. The summed E-state index contributed by atoms with van der Waals surface area (Å²) in [6, 6.07) is 9.34. The summed E-state index contributed by atoms with van der Waals surface area (Å²) in [4.78, 5) is 24.8. The van der Waals surface area contributed by atoms with E-state index in [1.807, 2.05) is 6.92 Å². The molecule has 1 aliphatic rings. The molecule has 0 radical (unpaired) electrons. The Morgan fingerprint density at radius 2 is 1.25 bits per heavy atom. The van der Waals surface area contributed by atoms with E-state index in [9.17, 15) is 18.0 Å². The van der Waals surface area contributed by atoms with Crippen LogP contribution in [0.4, 0.5) is 0 Å². The van der Waals surface area contributed by atoms with Crippen molar-refractivity contribution in [2.75, 3.05) is 0 Å². The molecule has 2 aromatic rings. The van der Waals surface area contributed by atoms with Crippen LogP contribution in [0.2, 0.25) is 0 Å². The van der Waals surface area contributed by atoms with Crippen molar-refractivity contribution in [3.8, 4) is 0 Å². The van der Waals surface area contributed by atoms with Crippen LogP contribution in [0, 0.1) is 20.8 Å². The number of hydroxylamine groups is 2. The molecule has 0 atom stereocenters. The predicted octanol–water partition coefficient (Wildman–Crippen LogP) is 2.53. The Morgan fingerprint density at radius 1 is 0.792 bits per heavy atom. The van der Waals surface area contributed by atoms with Crippen LogP contribution < -0.4 is 0 Å². The smallest absolute Gasteiger partial charge is 0.266 e. The van der Waals surface area contributed by atoms with Crippen LogP contribution in [0.25, 0.3) is 0 Å². The van der Waals surface area contributed by atoms with E-state index in [0.29, 0.717) is 16.2 Å². The summed E-state index contributed by atoms with van der Waals surface area (Å²) < 4.78 is 29.5. The van der Waals surface area contributed by atoms with Gasteiger partial charge in [0.1, 0.15) is 0 Å². The number of hydrogen-bond donors (Lipinski definition) is 0. The quantitative estimate of drug-likeness (QED) is 0.799. The molecule has 0 saturated carbocycles. The van der Waals surface area contributed by atoms with Crippen molar-refractivity contribution < 1.29 is 22.3 Å². The zero-order valence-electron chi connectivity index (χ0n) is 13.4. The fourth-order valence-electron chi connectivity index (χ4n) is 2.57. The minimum absolute atomic E-state index is 0.127. The molecule has 1 aliphatic heterocycles. The fraction of sp³-hybridized carbons (Fsp3) is 0.176. The highest BCUT2D eigenvalue weighted by molar-refractivity contribution is 7.86. The Hall–Kier alpha value is -2.51. The molecule has 2 amide bonds. The van der Waals surface area contributed by atoms with Gasteiger partial charge in [0, 0.05) is 0 Å². The molecule has 0 spiro atoms. The van der Waals surface area contributed by atoms with Crippen molar-refractivity contribution in [1.82, 2.24) is 5.06 Å². The molecule has 2 aromatic carbocycles. The third-order valence-electron chi connectivity index (χ3n) is 3.90. The van der Waals surface area contributed by atoms with Crippen molar-refractivity contribution in [2.24, 2.45) is 0 Å². The number of nitrogens with zero attached hydrogens (tertiary/aromatic N) is 1. The zero-order valence-corrected chi connectivity index (χ0v) is 14.2. The van der Waals surface area contributed by atoms with Gasteiger partial charge in [-0.05, 0) is 44.0 Å². The Labute approximate surface area is 139 Å². The largest absolute Gasteiger partial charge is 0.318 e. The minimum Gasteiger partial charge on any atom is -0.266 e. The van der Waals surface area contributed by atoms with Gasteiger partial charge in [-0.2, -0.15) is 8.42 Å². The third-order valence-corrected chi connectivity index (χ3v) is 5.10. The van der Waals surface area contributed by atoms with E-state index in [4.69, 9.17) is 4.28 Å². The summed E-state index contributed by atoms with van der Waals surface area (Å²) >= 11 is 0. The van der Waals surface area contributed by atoms with Crippen molar-refractivity contribution in [1.29, 1.82) is 0 Å². The van der Waals surface area contributed by atoms with E-state index in [2.05, 4.69) is 0 Å². The van der Waals surface area contributed by atoms with Crippen LogP contribution in [0.3, 0.4) is 0 Å².